The van der Waals surface area contributed by atoms with Crippen molar-refractivity contribution in [2.75, 3.05) is 6.54 Å². The van der Waals surface area contributed by atoms with Crippen molar-refractivity contribution in [1.82, 2.24) is 10.6 Å². The lowest BCUT2D eigenvalue weighted by Crippen LogP contribution is -2.43. The van der Waals surface area contributed by atoms with Crippen LogP contribution in [-0.2, 0) is 0 Å². The molecular weight excluding hydrogens is 361 g/mol. The van der Waals surface area contributed by atoms with Crippen molar-refractivity contribution < 1.29 is 0 Å². The van der Waals surface area contributed by atoms with E-state index in [9.17, 15) is 0 Å². The maximum absolute atomic E-state index is 4.51. The van der Waals surface area contributed by atoms with Gasteiger partial charge in [0.05, 0.1) is 0 Å². The molecule has 112 valence electrons. The lowest BCUT2D eigenvalue weighted by atomic mass is 10.1. The molecule has 0 saturated heterocycles. The fraction of sp³-hybridized carbons (Fsp3) is 0.562. The number of hydrogen-bond donors (Lipinski definition) is 2. The summed E-state index contributed by atoms with van der Waals surface area (Å²) in [4.78, 5) is 4.51. The van der Waals surface area contributed by atoms with Crippen LogP contribution in [0.15, 0.2) is 35.3 Å². The fourth-order valence-electron chi connectivity index (χ4n) is 2.23. The molecule has 3 atom stereocenters. The summed E-state index contributed by atoms with van der Waals surface area (Å²) in [5.41, 5.74) is 1.43. The third kappa shape index (κ3) is 4.96. The molecular formula is C16H26IN3. The van der Waals surface area contributed by atoms with E-state index in [-0.39, 0.29) is 24.0 Å². The minimum atomic E-state index is 0. The summed E-state index contributed by atoms with van der Waals surface area (Å²) in [7, 11) is 0. The van der Waals surface area contributed by atoms with Crippen LogP contribution in [-0.4, -0.2) is 24.6 Å². The first-order valence-corrected chi connectivity index (χ1v) is 7.37. The Morgan fingerprint density at radius 3 is 2.60 bits per heavy atom. The van der Waals surface area contributed by atoms with E-state index < -0.39 is 0 Å². The maximum atomic E-state index is 4.51. The van der Waals surface area contributed by atoms with Crippen molar-refractivity contribution in [2.24, 2.45) is 4.99 Å². The van der Waals surface area contributed by atoms with E-state index >= 15 is 0 Å². The van der Waals surface area contributed by atoms with Gasteiger partial charge in [0.25, 0.3) is 0 Å². The Hall–Kier alpha value is -0.780. The van der Waals surface area contributed by atoms with Crippen molar-refractivity contribution in [2.45, 2.75) is 51.6 Å². The Morgan fingerprint density at radius 2 is 2.00 bits per heavy atom. The van der Waals surface area contributed by atoms with Gasteiger partial charge in [0, 0.05) is 24.5 Å². The molecule has 0 aromatic heterocycles. The van der Waals surface area contributed by atoms with Crippen LogP contribution < -0.4 is 10.6 Å². The number of guanidine groups is 1. The molecule has 0 bridgehead atoms. The average molecular weight is 387 g/mol. The van der Waals surface area contributed by atoms with Crippen LogP contribution in [0.25, 0.3) is 0 Å². The molecule has 1 aliphatic carbocycles. The van der Waals surface area contributed by atoms with Gasteiger partial charge in [0.2, 0.25) is 0 Å². The van der Waals surface area contributed by atoms with E-state index in [4.69, 9.17) is 0 Å². The van der Waals surface area contributed by atoms with Gasteiger partial charge in [-0.25, -0.2) is 0 Å². The molecule has 1 aromatic rings. The zero-order chi connectivity index (χ0) is 13.7. The van der Waals surface area contributed by atoms with Crippen LogP contribution in [0.4, 0.5) is 0 Å². The standard InChI is InChI=1S/C16H25N3.HI/c1-4-12(3)18-16(17-5-2)19-15-11-14(15)13-9-7-6-8-10-13;/h6-10,12,14-15H,4-5,11H2,1-3H3,(H2,17,18,19);1H. The van der Waals surface area contributed by atoms with Gasteiger partial charge in [0.1, 0.15) is 0 Å². The fourth-order valence-corrected chi connectivity index (χ4v) is 2.23. The van der Waals surface area contributed by atoms with Crippen LogP contribution in [0.2, 0.25) is 0 Å². The minimum Gasteiger partial charge on any atom is -0.354 e. The van der Waals surface area contributed by atoms with Gasteiger partial charge in [-0.05, 0) is 32.3 Å². The molecule has 20 heavy (non-hydrogen) atoms. The topological polar surface area (TPSA) is 36.4 Å². The Kier molecular flexibility index (Phi) is 7.34. The SMILES string of the molecule is CCN=C(NC(C)CC)NC1CC1c1ccccc1.I. The molecule has 0 amide bonds. The van der Waals surface area contributed by atoms with Gasteiger partial charge in [-0.2, -0.15) is 0 Å². The summed E-state index contributed by atoms with van der Waals surface area (Å²) in [5, 5.41) is 6.99. The molecule has 1 fully saturated rings. The van der Waals surface area contributed by atoms with Gasteiger partial charge < -0.3 is 10.6 Å². The highest BCUT2D eigenvalue weighted by Gasteiger charge is 2.38. The molecule has 0 radical (unpaired) electrons. The van der Waals surface area contributed by atoms with Crippen LogP contribution in [0.5, 0.6) is 0 Å². The quantitative estimate of drug-likeness (QED) is 0.461. The third-order valence-corrected chi connectivity index (χ3v) is 3.65. The van der Waals surface area contributed by atoms with Crippen LogP contribution in [0.3, 0.4) is 0 Å². The lowest BCUT2D eigenvalue weighted by Gasteiger charge is -2.17. The molecule has 2 rings (SSSR count). The van der Waals surface area contributed by atoms with E-state index in [1.165, 1.54) is 12.0 Å². The summed E-state index contributed by atoms with van der Waals surface area (Å²) in [6.45, 7) is 7.26. The molecule has 4 heteroatoms. The Balaban J connectivity index is 0.00000200. The molecule has 2 N–H and O–H groups in total. The normalized spacial score (nSPS) is 22.6. The van der Waals surface area contributed by atoms with E-state index in [2.05, 4.69) is 66.7 Å². The second-order valence-corrected chi connectivity index (χ2v) is 5.28. The van der Waals surface area contributed by atoms with Crippen LogP contribution in [0, 0.1) is 0 Å². The van der Waals surface area contributed by atoms with Crippen molar-refractivity contribution in [3.8, 4) is 0 Å². The molecule has 3 nitrogen and oxygen atoms in total. The van der Waals surface area contributed by atoms with Gasteiger partial charge in [-0.1, -0.05) is 37.3 Å². The van der Waals surface area contributed by atoms with Crippen LogP contribution >= 0.6 is 24.0 Å². The number of aliphatic imine (C=N–C) groups is 1. The maximum Gasteiger partial charge on any atom is 0.191 e. The second-order valence-electron chi connectivity index (χ2n) is 5.28. The zero-order valence-electron chi connectivity index (χ0n) is 12.6. The predicted octanol–water partition coefficient (Wildman–Crippen LogP) is 3.51. The lowest BCUT2D eigenvalue weighted by molar-refractivity contribution is 0.621. The van der Waals surface area contributed by atoms with Crippen LogP contribution in [0.1, 0.15) is 45.1 Å². The molecule has 1 aromatic carbocycles. The second kappa shape index (κ2) is 8.49. The number of hydrogen-bond acceptors (Lipinski definition) is 1. The monoisotopic (exact) mass is 387 g/mol. The summed E-state index contributed by atoms with van der Waals surface area (Å²) >= 11 is 0. The molecule has 1 aliphatic rings. The van der Waals surface area contributed by atoms with E-state index in [0.717, 1.165) is 18.9 Å². The number of halogens is 1. The number of benzene rings is 1. The highest BCUT2D eigenvalue weighted by Crippen LogP contribution is 2.40. The molecule has 1 saturated carbocycles. The Morgan fingerprint density at radius 1 is 1.30 bits per heavy atom. The molecule has 3 unspecified atom stereocenters. The smallest absolute Gasteiger partial charge is 0.191 e. The summed E-state index contributed by atoms with van der Waals surface area (Å²) < 4.78 is 0. The first kappa shape index (κ1) is 17.3. The molecule has 0 aliphatic heterocycles. The van der Waals surface area contributed by atoms with Gasteiger partial charge in [-0.3, -0.25) is 4.99 Å². The minimum absolute atomic E-state index is 0. The van der Waals surface area contributed by atoms with Crippen molar-refractivity contribution in [3.63, 3.8) is 0 Å². The zero-order valence-corrected chi connectivity index (χ0v) is 14.9. The first-order valence-electron chi connectivity index (χ1n) is 7.37. The number of nitrogens with one attached hydrogen (secondary N) is 2. The largest absolute Gasteiger partial charge is 0.354 e. The van der Waals surface area contributed by atoms with E-state index in [0.29, 0.717) is 18.0 Å². The predicted molar refractivity (Wildman–Crippen MR) is 97.0 cm³/mol. The summed E-state index contributed by atoms with van der Waals surface area (Å²) in [6.07, 6.45) is 2.31. The van der Waals surface area contributed by atoms with E-state index in [1.54, 1.807) is 0 Å². The third-order valence-electron chi connectivity index (χ3n) is 3.65. The van der Waals surface area contributed by atoms with E-state index in [1.807, 2.05) is 0 Å². The first-order chi connectivity index (χ1) is 9.24. The average Bonchev–Trinajstić information content (AvgIpc) is 3.19. The molecule has 0 heterocycles. The van der Waals surface area contributed by atoms with Crippen molar-refractivity contribution in [1.29, 1.82) is 0 Å². The van der Waals surface area contributed by atoms with Gasteiger partial charge >= 0.3 is 0 Å². The number of nitrogens with zero attached hydrogens (tertiary/aromatic N) is 1. The van der Waals surface area contributed by atoms with Gasteiger partial charge in [0.15, 0.2) is 5.96 Å². The highest BCUT2D eigenvalue weighted by molar-refractivity contribution is 14.0. The Bertz CT molecular complexity index is 419. The Labute approximate surface area is 139 Å². The summed E-state index contributed by atoms with van der Waals surface area (Å²) in [5.74, 6) is 1.60. The van der Waals surface area contributed by atoms with Crippen molar-refractivity contribution in [3.05, 3.63) is 35.9 Å². The number of rotatable bonds is 5. The van der Waals surface area contributed by atoms with Crippen molar-refractivity contribution >= 4 is 29.9 Å². The molecule has 0 spiro atoms. The summed E-state index contributed by atoms with van der Waals surface area (Å²) in [6, 6.07) is 11.7. The van der Waals surface area contributed by atoms with Gasteiger partial charge in [-0.15, -0.1) is 24.0 Å². The highest BCUT2D eigenvalue weighted by atomic mass is 127.